The molecule has 0 atom stereocenters. The molecule has 0 spiro atoms. The highest BCUT2D eigenvalue weighted by Crippen LogP contribution is 2.65. The fraction of sp³-hybridized carbons (Fsp3) is 0.400. The van der Waals surface area contributed by atoms with Gasteiger partial charge >= 0.3 is 47.6 Å². The van der Waals surface area contributed by atoms with Crippen molar-refractivity contribution in [1.29, 1.82) is 0 Å². The van der Waals surface area contributed by atoms with Gasteiger partial charge in [0.2, 0.25) is 0 Å². The number of nitrogens with zero attached hydrogens (tertiary/aromatic N) is 5. The minimum atomic E-state index is -8.69. The van der Waals surface area contributed by atoms with Crippen molar-refractivity contribution in [2.45, 2.75) is 61.5 Å². The van der Waals surface area contributed by atoms with Crippen molar-refractivity contribution in [1.82, 2.24) is 0 Å². The molecule has 3 rings (SSSR count). The molecule has 0 amide bonds. The molecule has 22 heteroatoms. The number of azo groups is 2. The zero-order chi connectivity index (χ0) is 39.8. The average molecular weight is 776 g/mol. The van der Waals surface area contributed by atoms with Gasteiger partial charge in [0.15, 0.2) is 0 Å². The highest BCUT2D eigenvalue weighted by atomic mass is 19.4. The van der Waals surface area contributed by atoms with Crippen LogP contribution in [0.5, 0.6) is 0 Å². The van der Waals surface area contributed by atoms with Gasteiger partial charge in [-0.2, -0.15) is 95.1 Å². The predicted octanol–water partition coefficient (Wildman–Crippen LogP) is 12.8. The molecule has 0 aromatic heterocycles. The van der Waals surface area contributed by atoms with E-state index in [0.717, 1.165) is 18.8 Å². The third-order valence-corrected chi connectivity index (χ3v) is 7.34. The van der Waals surface area contributed by atoms with Crippen LogP contribution in [0.25, 0.3) is 0 Å². The quantitative estimate of drug-likeness (QED) is 0.119. The maximum atomic E-state index is 14.5. The molecule has 5 nitrogen and oxygen atoms in total. The van der Waals surface area contributed by atoms with Crippen molar-refractivity contribution in [2.75, 3.05) is 18.0 Å². The largest absolute Gasteiger partial charge is 0.460 e. The summed E-state index contributed by atoms with van der Waals surface area (Å²) in [7, 11) is 0. The average Bonchev–Trinajstić information content (AvgIpc) is 3.07. The van der Waals surface area contributed by atoms with Crippen LogP contribution >= 0.6 is 0 Å². The van der Waals surface area contributed by atoms with E-state index in [1.54, 1.807) is 12.1 Å². The molecular weight excluding hydrogens is 753 g/mol. The fourth-order valence-corrected chi connectivity index (χ4v) is 4.22. The van der Waals surface area contributed by atoms with Gasteiger partial charge in [-0.05, 0) is 74.5 Å². The highest BCUT2D eigenvalue weighted by Gasteiger charge is 2.95. The number of benzene rings is 3. The smallest absolute Gasteiger partial charge is 0.372 e. The van der Waals surface area contributed by atoms with Gasteiger partial charge in [0.1, 0.15) is 0 Å². The summed E-state index contributed by atoms with van der Waals surface area (Å²) in [6, 6.07) is 13.0. The van der Waals surface area contributed by atoms with Crippen LogP contribution in [0.2, 0.25) is 0 Å². The molecule has 0 radical (unpaired) electrons. The highest BCUT2D eigenvalue weighted by molar-refractivity contribution is 5.53. The first-order valence-electron chi connectivity index (χ1n) is 14.2. The minimum absolute atomic E-state index is 0.0687. The lowest BCUT2D eigenvalue weighted by molar-refractivity contribution is -0.462. The Hall–Kier alpha value is -4.53. The first kappa shape index (κ1) is 41.9. The van der Waals surface area contributed by atoms with E-state index in [1.807, 2.05) is 26.0 Å². The van der Waals surface area contributed by atoms with E-state index in [1.165, 1.54) is 24.3 Å². The normalized spacial score (nSPS) is 14.4. The van der Waals surface area contributed by atoms with E-state index in [4.69, 9.17) is 0 Å². The van der Waals surface area contributed by atoms with Gasteiger partial charge in [-0.1, -0.05) is 12.1 Å². The molecule has 0 aliphatic rings. The lowest BCUT2D eigenvalue weighted by Crippen LogP contribution is -2.74. The summed E-state index contributed by atoms with van der Waals surface area (Å²) in [5.41, 5.74) is -0.941. The molecule has 0 heterocycles. The van der Waals surface area contributed by atoms with Crippen molar-refractivity contribution in [3.8, 4) is 0 Å². The summed E-state index contributed by atoms with van der Waals surface area (Å²) >= 11 is 0. The Bertz CT molecular complexity index is 1710. The third-order valence-electron chi connectivity index (χ3n) is 7.34. The Morgan fingerprint density at radius 3 is 0.962 bits per heavy atom. The van der Waals surface area contributed by atoms with Crippen LogP contribution in [0.1, 0.15) is 19.4 Å². The second-order valence-electron chi connectivity index (χ2n) is 10.7. The predicted molar refractivity (Wildman–Crippen MR) is 151 cm³/mol. The number of hydrogen-bond acceptors (Lipinski definition) is 5. The maximum absolute atomic E-state index is 14.5. The lowest BCUT2D eigenvalue weighted by atomic mass is 9.87. The maximum Gasteiger partial charge on any atom is 0.460 e. The first-order valence-corrected chi connectivity index (χ1v) is 14.2. The molecule has 52 heavy (non-hydrogen) atoms. The summed E-state index contributed by atoms with van der Waals surface area (Å²) in [6.45, 7) is 5.57. The zero-order valence-corrected chi connectivity index (χ0v) is 26.0. The first-order chi connectivity index (χ1) is 23.6. The molecular formula is C30H22F17N5. The van der Waals surface area contributed by atoms with E-state index < -0.39 is 58.9 Å². The van der Waals surface area contributed by atoms with Crippen molar-refractivity contribution < 1.29 is 74.6 Å². The summed E-state index contributed by atoms with van der Waals surface area (Å²) in [5.74, 6) is -57.0. The molecule has 0 aliphatic heterocycles. The number of rotatable bonds is 14. The van der Waals surface area contributed by atoms with Crippen molar-refractivity contribution in [2.24, 2.45) is 20.5 Å². The molecule has 0 saturated carbocycles. The minimum Gasteiger partial charge on any atom is -0.372 e. The van der Waals surface area contributed by atoms with E-state index in [-0.39, 0.29) is 17.8 Å². The van der Waals surface area contributed by atoms with Crippen LogP contribution in [0.15, 0.2) is 93.3 Å². The molecule has 3 aromatic carbocycles. The van der Waals surface area contributed by atoms with Crippen molar-refractivity contribution in [3.05, 3.63) is 78.4 Å². The van der Waals surface area contributed by atoms with E-state index in [9.17, 15) is 74.6 Å². The lowest BCUT2D eigenvalue weighted by Gasteiger charge is -2.42. The Kier molecular flexibility index (Phi) is 11.4. The summed E-state index contributed by atoms with van der Waals surface area (Å²) in [4.78, 5) is 2.11. The number of halogens is 17. The van der Waals surface area contributed by atoms with Crippen LogP contribution < -0.4 is 4.90 Å². The standard InChI is InChI=1S/C30H22F17N5/c1-3-52(4-2)22-15-13-21(14-16-22)51-50-20-11-9-19(10-12-20)49-48-18-7-5-17(6-8-18)23(31,32)24(33,34)25(35,36)26(37,38)27(39,40)28(41,42)29(43,44)30(45,46)47/h5-16H,3-4H2,1-2H3. The van der Waals surface area contributed by atoms with E-state index in [0.29, 0.717) is 23.5 Å². The van der Waals surface area contributed by atoms with Crippen LogP contribution in [0, 0.1) is 0 Å². The number of alkyl halides is 17. The van der Waals surface area contributed by atoms with Gasteiger partial charge < -0.3 is 4.90 Å². The van der Waals surface area contributed by atoms with E-state index >= 15 is 0 Å². The molecule has 0 N–H and O–H groups in total. The summed E-state index contributed by atoms with van der Waals surface area (Å²) < 4.78 is 231. The van der Waals surface area contributed by atoms with Crippen LogP contribution in [0.4, 0.5) is 103 Å². The summed E-state index contributed by atoms with van der Waals surface area (Å²) in [5, 5.41) is 15.3. The topological polar surface area (TPSA) is 52.7 Å². The Labute approximate surface area is 281 Å². The number of hydrogen-bond donors (Lipinski definition) is 0. The van der Waals surface area contributed by atoms with Crippen molar-refractivity contribution >= 4 is 28.4 Å². The second kappa shape index (κ2) is 14.1. The monoisotopic (exact) mass is 775 g/mol. The Balaban J connectivity index is 1.79. The van der Waals surface area contributed by atoms with Crippen LogP contribution in [-0.2, 0) is 5.92 Å². The molecule has 3 aromatic rings. The Morgan fingerprint density at radius 2 is 0.654 bits per heavy atom. The van der Waals surface area contributed by atoms with E-state index in [2.05, 4.69) is 25.4 Å². The zero-order valence-electron chi connectivity index (χ0n) is 26.0. The van der Waals surface area contributed by atoms with Crippen molar-refractivity contribution in [3.63, 3.8) is 0 Å². The summed E-state index contributed by atoms with van der Waals surface area (Å²) in [6.07, 6.45) is -7.81. The molecule has 0 aliphatic carbocycles. The SMILES string of the molecule is CCN(CC)c1ccc(N=Nc2ccc(N=Nc3ccc(C(F)(F)C(F)(F)C(F)(F)C(F)(F)C(F)(F)C(F)(F)C(F)(F)C(F)(F)F)cc3)cc2)cc1. The second-order valence-corrected chi connectivity index (χ2v) is 10.7. The van der Waals surface area contributed by atoms with Gasteiger partial charge in [0.25, 0.3) is 0 Å². The molecule has 0 bridgehead atoms. The van der Waals surface area contributed by atoms with Gasteiger partial charge in [0.05, 0.1) is 22.7 Å². The molecule has 286 valence electrons. The van der Waals surface area contributed by atoms with Gasteiger partial charge in [-0.15, -0.1) is 0 Å². The van der Waals surface area contributed by atoms with Crippen LogP contribution in [-0.4, -0.2) is 54.8 Å². The third kappa shape index (κ3) is 7.11. The Morgan fingerprint density at radius 1 is 0.385 bits per heavy atom. The van der Waals surface area contributed by atoms with Gasteiger partial charge in [-0.3, -0.25) is 0 Å². The molecule has 0 unspecified atom stereocenters. The molecule has 0 saturated heterocycles. The fourth-order valence-electron chi connectivity index (χ4n) is 4.22. The molecule has 0 fully saturated rings. The number of anilines is 1. The van der Waals surface area contributed by atoms with Gasteiger partial charge in [-0.25, -0.2) is 0 Å². The van der Waals surface area contributed by atoms with Crippen LogP contribution in [0.3, 0.4) is 0 Å². The van der Waals surface area contributed by atoms with Gasteiger partial charge in [0, 0.05) is 24.3 Å².